The molecule has 0 spiro atoms. The van der Waals surface area contributed by atoms with Crippen molar-refractivity contribution >= 4 is 0 Å². The minimum absolute atomic E-state index is 0.203. The Hall–Kier alpha value is -1.77. The first kappa shape index (κ1) is 8.81. The Morgan fingerprint density at radius 2 is 2.07 bits per heavy atom. The van der Waals surface area contributed by atoms with Gasteiger partial charge in [-0.3, -0.25) is 4.98 Å². The average molecular weight is 190 g/mol. The van der Waals surface area contributed by atoms with E-state index in [9.17, 15) is 8.78 Å². The summed E-state index contributed by atoms with van der Waals surface area (Å²) in [5.41, 5.74) is 0.721. The number of rotatable bonds is 1. The van der Waals surface area contributed by atoms with Gasteiger partial charge in [-0.05, 0) is 12.1 Å². The maximum absolute atomic E-state index is 13.3. The van der Waals surface area contributed by atoms with Crippen LogP contribution in [0.2, 0.25) is 0 Å². The molecular formula is C11H6F2N. The highest BCUT2D eigenvalue weighted by Gasteiger charge is 2.08. The molecular weight excluding hydrogens is 184 g/mol. The molecule has 0 amide bonds. The highest BCUT2D eigenvalue weighted by molar-refractivity contribution is 5.62. The van der Waals surface area contributed by atoms with Gasteiger partial charge in [0.2, 0.25) is 0 Å². The van der Waals surface area contributed by atoms with Crippen LogP contribution in [0.4, 0.5) is 8.78 Å². The Kier molecular flexibility index (Phi) is 2.23. The van der Waals surface area contributed by atoms with Crippen molar-refractivity contribution in [2.24, 2.45) is 0 Å². The van der Waals surface area contributed by atoms with Gasteiger partial charge < -0.3 is 0 Å². The van der Waals surface area contributed by atoms with Crippen LogP contribution in [0, 0.1) is 17.7 Å². The highest BCUT2D eigenvalue weighted by Crippen LogP contribution is 2.22. The van der Waals surface area contributed by atoms with Crippen LogP contribution < -0.4 is 0 Å². The Balaban J connectivity index is 2.58. The molecule has 0 aliphatic rings. The van der Waals surface area contributed by atoms with Crippen molar-refractivity contribution < 1.29 is 8.78 Å². The van der Waals surface area contributed by atoms with E-state index >= 15 is 0 Å². The molecule has 0 saturated heterocycles. The molecule has 2 aromatic rings. The van der Waals surface area contributed by atoms with Crippen LogP contribution in [0.3, 0.4) is 0 Å². The van der Waals surface area contributed by atoms with Gasteiger partial charge >= 0.3 is 0 Å². The second kappa shape index (κ2) is 3.54. The van der Waals surface area contributed by atoms with Gasteiger partial charge in [-0.1, -0.05) is 12.1 Å². The summed E-state index contributed by atoms with van der Waals surface area (Å²) in [5, 5.41) is 0. The summed E-state index contributed by atoms with van der Waals surface area (Å²) in [6.07, 6.45) is 2.93. The number of halogens is 2. The summed E-state index contributed by atoms with van der Waals surface area (Å²) in [5.74, 6) is -1.71. The third-order valence-corrected chi connectivity index (χ3v) is 1.86. The van der Waals surface area contributed by atoms with Crippen molar-refractivity contribution in [2.75, 3.05) is 0 Å². The lowest BCUT2D eigenvalue weighted by molar-refractivity contribution is 0.511. The minimum atomic E-state index is -0.855. The smallest absolute Gasteiger partial charge is 0.166 e. The van der Waals surface area contributed by atoms with Crippen LogP contribution in [-0.4, -0.2) is 4.98 Å². The van der Waals surface area contributed by atoms with Gasteiger partial charge in [0.15, 0.2) is 11.6 Å². The van der Waals surface area contributed by atoms with Gasteiger partial charge in [-0.2, -0.15) is 0 Å². The van der Waals surface area contributed by atoms with E-state index in [0.717, 1.165) is 6.07 Å². The van der Waals surface area contributed by atoms with E-state index in [0.29, 0.717) is 5.56 Å². The number of nitrogens with zero attached hydrogens (tertiary/aromatic N) is 1. The molecule has 1 heterocycles. The summed E-state index contributed by atoms with van der Waals surface area (Å²) in [7, 11) is 0. The molecule has 0 aliphatic carbocycles. The van der Waals surface area contributed by atoms with E-state index in [4.69, 9.17) is 0 Å². The Morgan fingerprint density at radius 1 is 1.21 bits per heavy atom. The van der Waals surface area contributed by atoms with Crippen LogP contribution in [0.25, 0.3) is 11.1 Å². The van der Waals surface area contributed by atoms with Crippen molar-refractivity contribution in [3.63, 3.8) is 0 Å². The number of benzene rings is 1. The van der Waals surface area contributed by atoms with Crippen molar-refractivity contribution in [3.8, 4) is 11.1 Å². The second-order valence-electron chi connectivity index (χ2n) is 2.77. The molecule has 0 bridgehead atoms. The minimum Gasteiger partial charge on any atom is -0.263 e. The number of hydrogen-bond acceptors (Lipinski definition) is 1. The molecule has 2 rings (SSSR count). The fraction of sp³-hybridized carbons (Fsp3) is 0. The molecule has 0 unspecified atom stereocenters. The van der Waals surface area contributed by atoms with E-state index in [1.54, 1.807) is 6.07 Å². The quantitative estimate of drug-likeness (QED) is 0.673. The topological polar surface area (TPSA) is 12.9 Å². The van der Waals surface area contributed by atoms with E-state index in [1.165, 1.54) is 24.5 Å². The molecule has 1 nitrogen and oxygen atoms in total. The fourth-order valence-electron chi connectivity index (χ4n) is 1.20. The second-order valence-corrected chi connectivity index (χ2v) is 2.77. The van der Waals surface area contributed by atoms with Gasteiger partial charge in [0.05, 0.1) is 0 Å². The third-order valence-electron chi connectivity index (χ3n) is 1.86. The van der Waals surface area contributed by atoms with Crippen molar-refractivity contribution in [3.05, 3.63) is 54.4 Å². The highest BCUT2D eigenvalue weighted by atomic mass is 19.2. The van der Waals surface area contributed by atoms with Crippen LogP contribution in [0.15, 0.2) is 36.7 Å². The van der Waals surface area contributed by atoms with E-state index in [1.807, 2.05) is 0 Å². The van der Waals surface area contributed by atoms with Gasteiger partial charge in [0.1, 0.15) is 0 Å². The summed E-state index contributed by atoms with van der Waals surface area (Å²) in [6.45, 7) is 0. The van der Waals surface area contributed by atoms with Gasteiger partial charge in [0.25, 0.3) is 0 Å². The zero-order chi connectivity index (χ0) is 9.97. The zero-order valence-electron chi connectivity index (χ0n) is 7.17. The van der Waals surface area contributed by atoms with Crippen LogP contribution in [0.1, 0.15) is 0 Å². The monoisotopic (exact) mass is 190 g/mol. The molecule has 0 atom stereocenters. The first-order valence-corrected chi connectivity index (χ1v) is 4.04. The number of pyridine rings is 1. The summed E-state index contributed by atoms with van der Waals surface area (Å²) >= 11 is 0. The van der Waals surface area contributed by atoms with E-state index < -0.39 is 11.6 Å². The Morgan fingerprint density at radius 3 is 2.79 bits per heavy atom. The van der Waals surface area contributed by atoms with Crippen LogP contribution in [0.5, 0.6) is 0 Å². The van der Waals surface area contributed by atoms with Crippen LogP contribution in [-0.2, 0) is 0 Å². The lowest BCUT2D eigenvalue weighted by Crippen LogP contribution is -1.89. The summed E-state index contributed by atoms with van der Waals surface area (Å²) in [4.78, 5) is 3.79. The largest absolute Gasteiger partial charge is 0.263 e. The lowest BCUT2D eigenvalue weighted by atomic mass is 10.1. The maximum Gasteiger partial charge on any atom is 0.166 e. The molecule has 0 aliphatic heterocycles. The van der Waals surface area contributed by atoms with Gasteiger partial charge in [0, 0.05) is 29.6 Å². The molecule has 0 saturated carbocycles. The molecule has 1 aromatic heterocycles. The molecule has 1 radical (unpaired) electrons. The number of aromatic nitrogens is 1. The third kappa shape index (κ3) is 1.48. The SMILES string of the molecule is Fc1cccc(-c2c[c]cnc2)c1F. The van der Waals surface area contributed by atoms with E-state index in [2.05, 4.69) is 11.1 Å². The molecule has 0 N–H and O–H groups in total. The molecule has 3 heteroatoms. The van der Waals surface area contributed by atoms with Gasteiger partial charge in [-0.25, -0.2) is 8.78 Å². The molecule has 1 aromatic carbocycles. The maximum atomic E-state index is 13.3. The molecule has 69 valence electrons. The lowest BCUT2D eigenvalue weighted by Gasteiger charge is -2.02. The Bertz CT molecular complexity index is 440. The Labute approximate surface area is 80.0 Å². The zero-order valence-corrected chi connectivity index (χ0v) is 7.17. The van der Waals surface area contributed by atoms with E-state index in [-0.39, 0.29) is 5.56 Å². The summed E-state index contributed by atoms with van der Waals surface area (Å²) < 4.78 is 26.1. The number of hydrogen-bond donors (Lipinski definition) is 0. The van der Waals surface area contributed by atoms with Crippen molar-refractivity contribution in [2.45, 2.75) is 0 Å². The molecule has 0 fully saturated rings. The first-order chi connectivity index (χ1) is 6.79. The van der Waals surface area contributed by atoms with Gasteiger partial charge in [-0.15, -0.1) is 0 Å². The molecule has 14 heavy (non-hydrogen) atoms. The average Bonchev–Trinajstić information content (AvgIpc) is 2.23. The first-order valence-electron chi connectivity index (χ1n) is 4.04. The predicted molar refractivity (Wildman–Crippen MR) is 48.4 cm³/mol. The van der Waals surface area contributed by atoms with Crippen LogP contribution >= 0.6 is 0 Å². The fourth-order valence-corrected chi connectivity index (χ4v) is 1.20. The summed E-state index contributed by atoms with van der Waals surface area (Å²) in [6, 6.07) is 8.31. The normalized spacial score (nSPS) is 10.1. The predicted octanol–water partition coefficient (Wildman–Crippen LogP) is 2.83. The van der Waals surface area contributed by atoms with Crippen molar-refractivity contribution in [1.82, 2.24) is 4.98 Å². The standard InChI is InChI=1S/C11H6F2N/c12-10-5-1-4-9(11(10)13)8-3-2-6-14-7-8/h1,3-7H. The van der Waals surface area contributed by atoms with Crippen molar-refractivity contribution in [1.29, 1.82) is 0 Å².